The van der Waals surface area contributed by atoms with Crippen molar-refractivity contribution < 1.29 is 14.7 Å². The SMILES string of the molecule is O=C(O)c1ccc(CNC(=O)C(c2ccccc2)C2CC2)cc1. The van der Waals surface area contributed by atoms with Gasteiger partial charge in [0.25, 0.3) is 0 Å². The van der Waals surface area contributed by atoms with Crippen molar-refractivity contribution in [3.63, 3.8) is 0 Å². The van der Waals surface area contributed by atoms with Crippen LogP contribution in [-0.4, -0.2) is 17.0 Å². The number of hydrogen-bond acceptors (Lipinski definition) is 2. The Balaban J connectivity index is 1.64. The Bertz CT molecular complexity index is 690. The standard InChI is InChI=1S/C19H19NO3/c21-18(17(15-10-11-15)14-4-2-1-3-5-14)20-12-13-6-8-16(9-7-13)19(22)23/h1-9,15,17H,10-12H2,(H,20,21)(H,22,23). The predicted octanol–water partition coefficient (Wildman–Crippen LogP) is 3.19. The second-order valence-corrected chi connectivity index (χ2v) is 5.95. The lowest BCUT2D eigenvalue weighted by Gasteiger charge is -2.16. The minimum atomic E-state index is -0.946. The van der Waals surface area contributed by atoms with E-state index in [4.69, 9.17) is 5.11 Å². The van der Waals surface area contributed by atoms with Gasteiger partial charge in [-0.3, -0.25) is 4.79 Å². The molecule has 0 saturated heterocycles. The fourth-order valence-electron chi connectivity index (χ4n) is 2.79. The molecule has 0 bridgehead atoms. The van der Waals surface area contributed by atoms with Crippen molar-refractivity contribution >= 4 is 11.9 Å². The summed E-state index contributed by atoms with van der Waals surface area (Å²) in [6.45, 7) is 0.411. The molecule has 1 fully saturated rings. The van der Waals surface area contributed by atoms with Crippen LogP contribution >= 0.6 is 0 Å². The van der Waals surface area contributed by atoms with E-state index in [0.717, 1.165) is 24.0 Å². The van der Waals surface area contributed by atoms with E-state index in [1.54, 1.807) is 24.3 Å². The maximum absolute atomic E-state index is 12.6. The molecule has 0 radical (unpaired) electrons. The second kappa shape index (κ2) is 6.65. The van der Waals surface area contributed by atoms with Crippen molar-refractivity contribution in [2.45, 2.75) is 25.3 Å². The van der Waals surface area contributed by atoms with Crippen LogP contribution < -0.4 is 5.32 Å². The lowest BCUT2D eigenvalue weighted by molar-refractivity contribution is -0.123. The highest BCUT2D eigenvalue weighted by Gasteiger charge is 2.36. The van der Waals surface area contributed by atoms with Gasteiger partial charge in [-0.15, -0.1) is 0 Å². The predicted molar refractivity (Wildman–Crippen MR) is 87.2 cm³/mol. The van der Waals surface area contributed by atoms with Crippen LogP contribution in [-0.2, 0) is 11.3 Å². The maximum atomic E-state index is 12.6. The van der Waals surface area contributed by atoms with Crippen molar-refractivity contribution in [3.05, 3.63) is 71.3 Å². The monoisotopic (exact) mass is 309 g/mol. The quantitative estimate of drug-likeness (QED) is 0.861. The molecule has 0 aliphatic heterocycles. The molecular formula is C19H19NO3. The highest BCUT2D eigenvalue weighted by molar-refractivity contribution is 5.87. The Morgan fingerprint density at radius 1 is 1.04 bits per heavy atom. The Morgan fingerprint density at radius 2 is 1.70 bits per heavy atom. The first kappa shape index (κ1) is 15.3. The van der Waals surface area contributed by atoms with E-state index in [1.807, 2.05) is 30.3 Å². The molecule has 1 aliphatic carbocycles. The maximum Gasteiger partial charge on any atom is 0.335 e. The summed E-state index contributed by atoms with van der Waals surface area (Å²) in [5.41, 5.74) is 2.21. The number of carboxylic acid groups (broad SMARTS) is 1. The lowest BCUT2D eigenvalue weighted by atomic mass is 9.93. The molecule has 2 aromatic carbocycles. The highest BCUT2D eigenvalue weighted by atomic mass is 16.4. The van der Waals surface area contributed by atoms with Gasteiger partial charge in [0, 0.05) is 6.54 Å². The summed E-state index contributed by atoms with van der Waals surface area (Å²) in [7, 11) is 0. The average Bonchev–Trinajstić information content (AvgIpc) is 3.39. The van der Waals surface area contributed by atoms with Gasteiger partial charge in [0.1, 0.15) is 0 Å². The van der Waals surface area contributed by atoms with Gasteiger partial charge in [-0.2, -0.15) is 0 Å². The molecule has 2 N–H and O–H groups in total. The molecule has 4 nitrogen and oxygen atoms in total. The Kier molecular flexibility index (Phi) is 4.42. The third kappa shape index (κ3) is 3.77. The van der Waals surface area contributed by atoms with Crippen molar-refractivity contribution in [2.24, 2.45) is 5.92 Å². The van der Waals surface area contributed by atoms with E-state index in [0.29, 0.717) is 12.5 Å². The Labute approximate surface area is 135 Å². The molecule has 1 saturated carbocycles. The smallest absolute Gasteiger partial charge is 0.335 e. The van der Waals surface area contributed by atoms with E-state index in [-0.39, 0.29) is 17.4 Å². The van der Waals surface area contributed by atoms with Gasteiger partial charge in [0.2, 0.25) is 5.91 Å². The molecule has 0 spiro atoms. The molecule has 1 atom stereocenters. The second-order valence-electron chi connectivity index (χ2n) is 5.95. The minimum Gasteiger partial charge on any atom is -0.478 e. The van der Waals surface area contributed by atoms with E-state index in [9.17, 15) is 9.59 Å². The summed E-state index contributed by atoms with van der Waals surface area (Å²) in [4.78, 5) is 23.4. The average molecular weight is 309 g/mol. The van der Waals surface area contributed by atoms with Gasteiger partial charge in [-0.1, -0.05) is 42.5 Å². The molecule has 3 rings (SSSR count). The molecular weight excluding hydrogens is 290 g/mol. The molecule has 4 heteroatoms. The fraction of sp³-hybridized carbons (Fsp3) is 0.263. The first-order chi connectivity index (χ1) is 11.1. The highest BCUT2D eigenvalue weighted by Crippen LogP contribution is 2.42. The molecule has 23 heavy (non-hydrogen) atoms. The van der Waals surface area contributed by atoms with Crippen LogP contribution in [0.4, 0.5) is 0 Å². The lowest BCUT2D eigenvalue weighted by Crippen LogP contribution is -2.30. The summed E-state index contributed by atoms with van der Waals surface area (Å²) in [6, 6.07) is 16.5. The Hall–Kier alpha value is -2.62. The van der Waals surface area contributed by atoms with Crippen LogP contribution in [0.15, 0.2) is 54.6 Å². The first-order valence-electron chi connectivity index (χ1n) is 7.80. The minimum absolute atomic E-state index is 0.0426. The summed E-state index contributed by atoms with van der Waals surface area (Å²) in [5.74, 6) is -0.555. The van der Waals surface area contributed by atoms with Gasteiger partial charge in [0.15, 0.2) is 0 Å². The summed E-state index contributed by atoms with van der Waals surface area (Å²) >= 11 is 0. The van der Waals surface area contributed by atoms with Crippen LogP contribution in [0, 0.1) is 5.92 Å². The van der Waals surface area contributed by atoms with Crippen LogP contribution in [0.5, 0.6) is 0 Å². The number of rotatable bonds is 6. The third-order valence-corrected chi connectivity index (χ3v) is 4.20. The number of hydrogen-bond donors (Lipinski definition) is 2. The van der Waals surface area contributed by atoms with Gasteiger partial charge < -0.3 is 10.4 Å². The summed E-state index contributed by atoms with van der Waals surface area (Å²) < 4.78 is 0. The van der Waals surface area contributed by atoms with Gasteiger partial charge in [-0.25, -0.2) is 4.79 Å². The number of nitrogens with one attached hydrogen (secondary N) is 1. The van der Waals surface area contributed by atoms with Crippen molar-refractivity contribution in [1.82, 2.24) is 5.32 Å². The van der Waals surface area contributed by atoms with Gasteiger partial charge in [-0.05, 0) is 42.0 Å². The zero-order valence-corrected chi connectivity index (χ0v) is 12.7. The molecule has 0 heterocycles. The van der Waals surface area contributed by atoms with E-state index in [1.165, 1.54) is 0 Å². The number of carbonyl (C=O) groups is 2. The number of amides is 1. The van der Waals surface area contributed by atoms with Crippen molar-refractivity contribution in [1.29, 1.82) is 0 Å². The molecule has 1 aliphatic rings. The summed E-state index contributed by atoms with van der Waals surface area (Å²) in [5, 5.41) is 11.9. The van der Waals surface area contributed by atoms with Gasteiger partial charge >= 0.3 is 5.97 Å². The number of carbonyl (C=O) groups excluding carboxylic acids is 1. The zero-order valence-electron chi connectivity index (χ0n) is 12.7. The topological polar surface area (TPSA) is 66.4 Å². The first-order valence-corrected chi connectivity index (χ1v) is 7.80. The Morgan fingerprint density at radius 3 is 2.26 bits per heavy atom. The van der Waals surface area contributed by atoms with E-state index in [2.05, 4.69) is 5.32 Å². The molecule has 0 aromatic heterocycles. The van der Waals surface area contributed by atoms with Crippen LogP contribution in [0.25, 0.3) is 0 Å². The fourth-order valence-corrected chi connectivity index (χ4v) is 2.79. The van der Waals surface area contributed by atoms with E-state index >= 15 is 0 Å². The van der Waals surface area contributed by atoms with Crippen LogP contribution in [0.1, 0.15) is 40.2 Å². The van der Waals surface area contributed by atoms with Crippen LogP contribution in [0.2, 0.25) is 0 Å². The molecule has 2 aromatic rings. The normalized spacial score (nSPS) is 15.0. The number of aromatic carboxylic acids is 1. The molecule has 1 amide bonds. The molecule has 118 valence electrons. The van der Waals surface area contributed by atoms with Gasteiger partial charge in [0.05, 0.1) is 11.5 Å². The van der Waals surface area contributed by atoms with Crippen molar-refractivity contribution in [3.8, 4) is 0 Å². The van der Waals surface area contributed by atoms with Crippen LogP contribution in [0.3, 0.4) is 0 Å². The molecule has 1 unspecified atom stereocenters. The number of carboxylic acids is 1. The third-order valence-electron chi connectivity index (χ3n) is 4.20. The zero-order chi connectivity index (χ0) is 16.2. The summed E-state index contributed by atoms with van der Waals surface area (Å²) in [6.07, 6.45) is 2.20. The van der Waals surface area contributed by atoms with Crippen molar-refractivity contribution in [2.75, 3.05) is 0 Å². The van der Waals surface area contributed by atoms with E-state index < -0.39 is 5.97 Å². The largest absolute Gasteiger partial charge is 0.478 e. The number of benzene rings is 2.